The molecular formula is C20H24N4O4. The molecule has 0 spiro atoms. The molecule has 8 heteroatoms. The molecule has 0 radical (unpaired) electrons. The molecule has 3 N–H and O–H groups in total. The summed E-state index contributed by atoms with van der Waals surface area (Å²) in [5, 5.41) is 10.4. The summed E-state index contributed by atoms with van der Waals surface area (Å²) < 4.78 is 16.2. The van der Waals surface area contributed by atoms with Crippen LogP contribution in [0.25, 0.3) is 10.9 Å². The summed E-state index contributed by atoms with van der Waals surface area (Å²) in [6, 6.07) is 9.36. The van der Waals surface area contributed by atoms with Crippen LogP contribution in [0.2, 0.25) is 0 Å². The molecule has 0 saturated carbocycles. The fraction of sp³-hybridized carbons (Fsp3) is 0.300. The van der Waals surface area contributed by atoms with Crippen LogP contribution in [0.4, 0.5) is 17.5 Å². The number of hydrogen-bond donors (Lipinski definition) is 2. The average molecular weight is 384 g/mol. The molecule has 0 fully saturated rings. The number of aromatic nitrogens is 2. The smallest absolute Gasteiger partial charge is 0.222 e. The van der Waals surface area contributed by atoms with Crippen LogP contribution in [0.1, 0.15) is 5.56 Å². The van der Waals surface area contributed by atoms with E-state index in [9.17, 15) is 5.11 Å². The molecule has 0 aliphatic rings. The second-order valence-corrected chi connectivity index (χ2v) is 6.12. The van der Waals surface area contributed by atoms with Gasteiger partial charge >= 0.3 is 0 Å². The molecule has 0 aliphatic heterocycles. The van der Waals surface area contributed by atoms with Gasteiger partial charge < -0.3 is 30.0 Å². The second-order valence-electron chi connectivity index (χ2n) is 6.12. The van der Waals surface area contributed by atoms with Crippen molar-refractivity contribution in [1.29, 1.82) is 0 Å². The molecule has 2 aromatic carbocycles. The van der Waals surface area contributed by atoms with Crippen LogP contribution in [-0.4, -0.2) is 50.1 Å². The molecular weight excluding hydrogens is 360 g/mol. The zero-order valence-electron chi connectivity index (χ0n) is 16.4. The number of aliphatic hydroxyl groups is 1. The van der Waals surface area contributed by atoms with Gasteiger partial charge in [0.2, 0.25) is 5.95 Å². The Hall–Kier alpha value is -3.26. The summed E-state index contributed by atoms with van der Waals surface area (Å²) in [5.41, 5.74) is 8.25. The third-order valence-corrected chi connectivity index (χ3v) is 4.57. The van der Waals surface area contributed by atoms with Crippen molar-refractivity contribution in [3.05, 3.63) is 35.9 Å². The predicted octanol–water partition coefficient (Wildman–Crippen LogP) is 2.54. The molecule has 0 aliphatic carbocycles. The number of rotatable bonds is 7. The molecule has 28 heavy (non-hydrogen) atoms. The Balaban J connectivity index is 2.28. The Morgan fingerprint density at radius 2 is 1.75 bits per heavy atom. The van der Waals surface area contributed by atoms with Crippen LogP contribution in [-0.2, 0) is 6.42 Å². The Labute approximate surface area is 163 Å². The first kappa shape index (κ1) is 19.5. The Kier molecular flexibility index (Phi) is 5.70. The minimum Gasteiger partial charge on any atom is -0.497 e. The zero-order chi connectivity index (χ0) is 20.3. The monoisotopic (exact) mass is 384 g/mol. The molecule has 0 amide bonds. The van der Waals surface area contributed by atoms with Gasteiger partial charge in [0.25, 0.3) is 0 Å². The van der Waals surface area contributed by atoms with Crippen molar-refractivity contribution in [1.82, 2.24) is 9.97 Å². The van der Waals surface area contributed by atoms with Crippen molar-refractivity contribution in [3.8, 4) is 17.2 Å². The van der Waals surface area contributed by atoms with Crippen LogP contribution in [0.3, 0.4) is 0 Å². The van der Waals surface area contributed by atoms with Crippen molar-refractivity contribution in [2.75, 3.05) is 45.6 Å². The third kappa shape index (κ3) is 3.46. The van der Waals surface area contributed by atoms with Crippen molar-refractivity contribution >= 4 is 28.4 Å². The summed E-state index contributed by atoms with van der Waals surface area (Å²) in [5.74, 6) is 2.58. The Bertz CT molecular complexity index is 976. The van der Waals surface area contributed by atoms with E-state index in [2.05, 4.69) is 9.97 Å². The van der Waals surface area contributed by atoms with Gasteiger partial charge in [-0.2, -0.15) is 4.98 Å². The number of ether oxygens (including phenoxy) is 3. The summed E-state index contributed by atoms with van der Waals surface area (Å²) in [6.07, 6.45) is 0.355. The van der Waals surface area contributed by atoms with Gasteiger partial charge in [-0.15, -0.1) is 0 Å². The number of benzene rings is 2. The van der Waals surface area contributed by atoms with Gasteiger partial charge in [0.15, 0.2) is 11.5 Å². The fourth-order valence-electron chi connectivity index (χ4n) is 3.23. The lowest BCUT2D eigenvalue weighted by Crippen LogP contribution is -2.15. The second kappa shape index (κ2) is 8.18. The lowest BCUT2D eigenvalue weighted by Gasteiger charge is -2.23. The number of fused-ring (bicyclic) bond motifs is 1. The van der Waals surface area contributed by atoms with Gasteiger partial charge in [0.1, 0.15) is 11.6 Å². The van der Waals surface area contributed by atoms with Crippen LogP contribution in [0.15, 0.2) is 30.3 Å². The maximum atomic E-state index is 9.63. The largest absolute Gasteiger partial charge is 0.497 e. The standard InChI is InChI=1S/C20H24N4O4/c1-24(12-5-7-13(26-2)8-6-12)19-17-14(9-10-25)18(28-4)16(27-3)11-15(17)22-20(21)23-19/h5-8,11,25H,9-10H2,1-4H3,(H2,21,22,23). The normalized spacial score (nSPS) is 10.8. The molecule has 1 aromatic heterocycles. The van der Waals surface area contributed by atoms with Crippen molar-refractivity contribution in [2.24, 2.45) is 0 Å². The molecule has 0 saturated heterocycles. The van der Waals surface area contributed by atoms with E-state index in [1.807, 2.05) is 36.2 Å². The van der Waals surface area contributed by atoms with E-state index in [1.54, 1.807) is 27.4 Å². The van der Waals surface area contributed by atoms with E-state index in [0.717, 1.165) is 22.4 Å². The third-order valence-electron chi connectivity index (χ3n) is 4.57. The van der Waals surface area contributed by atoms with Crippen LogP contribution >= 0.6 is 0 Å². The number of methoxy groups -OCH3 is 3. The lowest BCUT2D eigenvalue weighted by atomic mass is 10.0. The van der Waals surface area contributed by atoms with Crippen molar-refractivity contribution in [3.63, 3.8) is 0 Å². The number of hydrogen-bond acceptors (Lipinski definition) is 8. The zero-order valence-corrected chi connectivity index (χ0v) is 16.4. The number of nitrogens with zero attached hydrogens (tertiary/aromatic N) is 3. The number of nitrogen functional groups attached to an aromatic ring is 1. The van der Waals surface area contributed by atoms with Gasteiger partial charge in [-0.05, 0) is 24.3 Å². The number of aliphatic hydroxyl groups excluding tert-OH is 1. The molecule has 3 rings (SSSR count). The first-order valence-electron chi connectivity index (χ1n) is 8.73. The first-order chi connectivity index (χ1) is 13.5. The van der Waals surface area contributed by atoms with Gasteiger partial charge in [-0.3, -0.25) is 0 Å². The molecule has 1 heterocycles. The van der Waals surface area contributed by atoms with E-state index in [-0.39, 0.29) is 12.6 Å². The molecule has 3 aromatic rings. The predicted molar refractivity (Wildman–Crippen MR) is 109 cm³/mol. The quantitative estimate of drug-likeness (QED) is 0.641. The van der Waals surface area contributed by atoms with Gasteiger partial charge in [-0.1, -0.05) is 0 Å². The Morgan fingerprint density at radius 3 is 2.32 bits per heavy atom. The summed E-state index contributed by atoms with van der Waals surface area (Å²) in [6.45, 7) is -0.0608. The summed E-state index contributed by atoms with van der Waals surface area (Å²) in [4.78, 5) is 10.8. The van der Waals surface area contributed by atoms with Crippen molar-refractivity contribution < 1.29 is 19.3 Å². The first-order valence-corrected chi connectivity index (χ1v) is 8.73. The highest BCUT2D eigenvalue weighted by molar-refractivity contribution is 5.98. The molecule has 0 bridgehead atoms. The molecule has 8 nitrogen and oxygen atoms in total. The fourth-order valence-corrected chi connectivity index (χ4v) is 3.23. The van der Waals surface area contributed by atoms with Crippen LogP contribution in [0.5, 0.6) is 17.2 Å². The topological polar surface area (TPSA) is 103 Å². The van der Waals surface area contributed by atoms with E-state index in [1.165, 1.54) is 0 Å². The van der Waals surface area contributed by atoms with E-state index in [0.29, 0.717) is 29.3 Å². The van der Waals surface area contributed by atoms with E-state index >= 15 is 0 Å². The molecule has 0 atom stereocenters. The van der Waals surface area contributed by atoms with Crippen LogP contribution in [0, 0.1) is 0 Å². The maximum absolute atomic E-state index is 9.63. The maximum Gasteiger partial charge on any atom is 0.222 e. The average Bonchev–Trinajstić information content (AvgIpc) is 2.72. The highest BCUT2D eigenvalue weighted by Crippen LogP contribution is 2.41. The summed E-state index contributed by atoms with van der Waals surface area (Å²) in [7, 11) is 6.64. The number of nitrogens with two attached hydrogens (primary N) is 1. The summed E-state index contributed by atoms with van der Waals surface area (Å²) >= 11 is 0. The highest BCUT2D eigenvalue weighted by Gasteiger charge is 2.22. The highest BCUT2D eigenvalue weighted by atomic mass is 16.5. The SMILES string of the molecule is COc1ccc(N(C)c2nc(N)nc3cc(OC)c(OC)c(CCO)c23)cc1. The van der Waals surface area contributed by atoms with E-state index in [4.69, 9.17) is 19.9 Å². The number of anilines is 3. The van der Waals surface area contributed by atoms with Gasteiger partial charge in [-0.25, -0.2) is 4.98 Å². The lowest BCUT2D eigenvalue weighted by molar-refractivity contribution is 0.295. The molecule has 0 unspecified atom stereocenters. The minimum atomic E-state index is -0.0608. The Morgan fingerprint density at radius 1 is 1.04 bits per heavy atom. The molecule has 148 valence electrons. The van der Waals surface area contributed by atoms with Crippen LogP contribution < -0.4 is 24.8 Å². The van der Waals surface area contributed by atoms with Gasteiger partial charge in [0.05, 0.1) is 32.2 Å². The van der Waals surface area contributed by atoms with E-state index < -0.39 is 0 Å². The van der Waals surface area contributed by atoms with Crippen molar-refractivity contribution in [2.45, 2.75) is 6.42 Å². The minimum absolute atomic E-state index is 0.0608. The van der Waals surface area contributed by atoms with Gasteiger partial charge in [0, 0.05) is 37.4 Å².